The molecular weight excluding hydrogens is 82.0 g/mol. The van der Waals surface area contributed by atoms with Gasteiger partial charge in [-0.15, -0.1) is 0 Å². The number of nitrogens with one attached hydrogen (secondary N) is 1. The van der Waals surface area contributed by atoms with Gasteiger partial charge >= 0.3 is 0 Å². The van der Waals surface area contributed by atoms with E-state index < -0.39 is 0 Å². The van der Waals surface area contributed by atoms with Gasteiger partial charge in [-0.25, -0.2) is 0 Å². The highest BCUT2D eigenvalue weighted by atomic mass is 16.5. The van der Waals surface area contributed by atoms with Crippen LogP contribution in [-0.2, 0) is 0 Å². The zero-order valence-corrected chi connectivity index (χ0v) is 2.88. The molecule has 0 bridgehead atoms. The first-order chi connectivity index (χ1) is 2.89. The molecule has 4 heteroatoms. The van der Waals surface area contributed by atoms with Crippen molar-refractivity contribution in [2.75, 3.05) is 0 Å². The fourth-order valence-electron chi connectivity index (χ4n) is 0.171. The van der Waals surface area contributed by atoms with E-state index in [1.165, 1.54) is 0 Å². The molecule has 1 aromatic heterocycles. The van der Waals surface area contributed by atoms with E-state index in [1.54, 1.807) is 0 Å². The lowest BCUT2D eigenvalue weighted by molar-refractivity contribution is 0.418. The molecule has 0 amide bonds. The molecule has 0 saturated heterocycles. The van der Waals surface area contributed by atoms with Crippen LogP contribution in [0.1, 0.15) is 0 Å². The van der Waals surface area contributed by atoms with Gasteiger partial charge in [0, 0.05) is 0 Å². The fourth-order valence-corrected chi connectivity index (χ4v) is 0.171. The van der Waals surface area contributed by atoms with Crippen LogP contribution >= 0.6 is 0 Å². The minimum atomic E-state index is -0.0741. The molecule has 4 nitrogen and oxygen atoms in total. The van der Waals surface area contributed by atoms with Gasteiger partial charge in [-0.1, -0.05) is 0 Å². The van der Waals surface area contributed by atoms with Crippen LogP contribution in [0.25, 0.3) is 0 Å². The molecule has 31 valence electrons. The van der Waals surface area contributed by atoms with Crippen LogP contribution in [0.2, 0.25) is 0 Å². The summed E-state index contributed by atoms with van der Waals surface area (Å²) < 4.78 is 4.17. The minimum Gasteiger partial charge on any atom is -0.341 e. The van der Waals surface area contributed by atoms with Crippen LogP contribution in [0, 0.1) is 0 Å². The van der Waals surface area contributed by atoms with Crippen molar-refractivity contribution in [2.24, 2.45) is 0 Å². The van der Waals surface area contributed by atoms with Gasteiger partial charge in [-0.2, -0.15) is 4.98 Å². The summed E-state index contributed by atoms with van der Waals surface area (Å²) in [5, 5.41) is 3.10. The molecule has 1 N–H and O–H groups in total. The Balaban J connectivity index is 3.05. The average molecular weight is 84.1 g/mol. The molecule has 1 heterocycles. The Morgan fingerprint density at radius 3 is 2.83 bits per heavy atom. The van der Waals surface area contributed by atoms with Crippen molar-refractivity contribution in [2.45, 2.75) is 0 Å². The van der Waals surface area contributed by atoms with E-state index in [1.807, 2.05) is 0 Å². The largest absolute Gasteiger partial charge is 0.341 e. The third-order valence-corrected chi connectivity index (χ3v) is 0.361. The molecular formula is C2H2N3O. The van der Waals surface area contributed by atoms with Crippen LogP contribution < -0.4 is 5.73 Å². The van der Waals surface area contributed by atoms with Crippen molar-refractivity contribution in [3.05, 3.63) is 6.39 Å². The standard InChI is InChI=1S/C2H2N3O/c3-2-4-1-6-5-2/h1,3H. The van der Waals surface area contributed by atoms with E-state index in [4.69, 9.17) is 5.73 Å². The van der Waals surface area contributed by atoms with Crippen molar-refractivity contribution in [3.63, 3.8) is 0 Å². The third kappa shape index (κ3) is 0.314. The van der Waals surface area contributed by atoms with Gasteiger partial charge in [0.25, 0.3) is 5.95 Å². The highest BCUT2D eigenvalue weighted by Gasteiger charge is 1.81. The van der Waals surface area contributed by atoms with Crippen molar-refractivity contribution in [1.82, 2.24) is 15.9 Å². The molecule has 0 aliphatic heterocycles. The van der Waals surface area contributed by atoms with E-state index >= 15 is 0 Å². The molecule has 0 fully saturated rings. The number of aromatic nitrogens is 2. The number of nitrogens with zero attached hydrogens (tertiary/aromatic N) is 2. The van der Waals surface area contributed by atoms with Crippen molar-refractivity contribution >= 4 is 5.95 Å². The summed E-state index contributed by atoms with van der Waals surface area (Å²) >= 11 is 0. The molecule has 0 aliphatic rings. The number of hydrogen-bond donors (Lipinski definition) is 0. The first-order valence-corrected chi connectivity index (χ1v) is 1.37. The van der Waals surface area contributed by atoms with Crippen LogP contribution in [0.4, 0.5) is 5.95 Å². The number of hydrogen-bond acceptors (Lipinski definition) is 3. The molecule has 6 heavy (non-hydrogen) atoms. The first kappa shape index (κ1) is 3.14. The molecule has 0 unspecified atom stereocenters. The van der Waals surface area contributed by atoms with Crippen LogP contribution in [-0.4, -0.2) is 10.1 Å². The van der Waals surface area contributed by atoms with Crippen LogP contribution in [0.5, 0.6) is 0 Å². The lowest BCUT2D eigenvalue weighted by Gasteiger charge is -1.59. The summed E-state index contributed by atoms with van der Waals surface area (Å²) in [5.74, 6) is -0.0741. The molecule has 0 aromatic carbocycles. The Kier molecular flexibility index (Phi) is 0.506. The maximum Gasteiger partial charge on any atom is 0.281 e. The summed E-state index contributed by atoms with van der Waals surface area (Å²) in [4.78, 5) is 3.31. The summed E-state index contributed by atoms with van der Waals surface area (Å²) in [5.41, 5.74) is 6.56. The van der Waals surface area contributed by atoms with Crippen LogP contribution in [0.3, 0.4) is 0 Å². The smallest absolute Gasteiger partial charge is 0.281 e. The molecule has 0 saturated carbocycles. The van der Waals surface area contributed by atoms with Gasteiger partial charge in [-0.05, 0) is 5.16 Å². The van der Waals surface area contributed by atoms with Gasteiger partial charge in [-0.3, -0.25) is 5.73 Å². The normalized spacial score (nSPS) is 8.67. The van der Waals surface area contributed by atoms with Gasteiger partial charge in [0.05, 0.1) is 0 Å². The lowest BCUT2D eigenvalue weighted by Crippen LogP contribution is -1.64. The molecule has 1 aromatic rings. The van der Waals surface area contributed by atoms with E-state index in [0.29, 0.717) is 0 Å². The van der Waals surface area contributed by atoms with E-state index in [2.05, 4.69) is 14.7 Å². The SMILES string of the molecule is [NH]c1ncon1. The van der Waals surface area contributed by atoms with Gasteiger partial charge in [0.1, 0.15) is 0 Å². The summed E-state index contributed by atoms with van der Waals surface area (Å²) in [6.07, 6.45) is 1.11. The van der Waals surface area contributed by atoms with E-state index in [0.717, 1.165) is 6.39 Å². The summed E-state index contributed by atoms with van der Waals surface area (Å²) in [7, 11) is 0. The average Bonchev–Trinajstić information content (AvgIpc) is 1.86. The Hall–Kier alpha value is -1.06. The fraction of sp³-hybridized carbons (Fsp3) is 0. The number of rotatable bonds is 0. The monoisotopic (exact) mass is 84.0 g/mol. The molecule has 0 aliphatic carbocycles. The first-order valence-electron chi connectivity index (χ1n) is 1.37. The predicted molar refractivity (Wildman–Crippen MR) is 17.1 cm³/mol. The Bertz CT molecular complexity index is 112. The minimum absolute atomic E-state index is 0.0741. The van der Waals surface area contributed by atoms with Crippen molar-refractivity contribution < 1.29 is 4.52 Å². The maximum absolute atomic E-state index is 6.56. The Labute approximate surface area is 34.0 Å². The second kappa shape index (κ2) is 0.965. The third-order valence-electron chi connectivity index (χ3n) is 0.361. The highest BCUT2D eigenvalue weighted by molar-refractivity contribution is 4.99. The van der Waals surface area contributed by atoms with E-state index in [9.17, 15) is 0 Å². The zero-order chi connectivity index (χ0) is 4.41. The highest BCUT2D eigenvalue weighted by Crippen LogP contribution is 1.85. The maximum atomic E-state index is 6.56. The topological polar surface area (TPSA) is 62.7 Å². The Morgan fingerprint density at radius 1 is 1.83 bits per heavy atom. The van der Waals surface area contributed by atoms with Gasteiger partial charge < -0.3 is 4.52 Å². The van der Waals surface area contributed by atoms with Crippen molar-refractivity contribution in [3.8, 4) is 0 Å². The van der Waals surface area contributed by atoms with Gasteiger partial charge in [0.15, 0.2) is 0 Å². The molecule has 1 radical (unpaired) electrons. The van der Waals surface area contributed by atoms with Crippen molar-refractivity contribution in [1.29, 1.82) is 0 Å². The second-order valence-electron chi connectivity index (χ2n) is 0.755. The molecule has 0 spiro atoms. The van der Waals surface area contributed by atoms with E-state index in [-0.39, 0.29) is 5.95 Å². The van der Waals surface area contributed by atoms with Crippen LogP contribution in [0.15, 0.2) is 10.9 Å². The Morgan fingerprint density at radius 2 is 2.67 bits per heavy atom. The molecule has 0 atom stereocenters. The van der Waals surface area contributed by atoms with Gasteiger partial charge in [0.2, 0.25) is 6.39 Å². The zero-order valence-electron chi connectivity index (χ0n) is 2.88. The predicted octanol–water partition coefficient (Wildman–Crippen LogP) is -0.0160. The quantitative estimate of drug-likeness (QED) is 0.444. The lowest BCUT2D eigenvalue weighted by atomic mass is 11.1. The second-order valence-corrected chi connectivity index (χ2v) is 0.755. The molecule has 1 rings (SSSR count). The summed E-state index contributed by atoms with van der Waals surface area (Å²) in [6.45, 7) is 0. The summed E-state index contributed by atoms with van der Waals surface area (Å²) in [6, 6.07) is 0.